The van der Waals surface area contributed by atoms with E-state index in [1.807, 2.05) is 69.4 Å². The fraction of sp³-hybridized carbons (Fsp3) is 0.279. The third kappa shape index (κ3) is 7.89. The van der Waals surface area contributed by atoms with Crippen LogP contribution in [0.25, 0.3) is 22.4 Å². The highest BCUT2D eigenvalue weighted by Crippen LogP contribution is 2.45. The summed E-state index contributed by atoms with van der Waals surface area (Å²) in [5, 5.41) is 22.1. The summed E-state index contributed by atoms with van der Waals surface area (Å²) in [6, 6.07) is 23.5. The van der Waals surface area contributed by atoms with E-state index < -0.39 is 29.7 Å². The van der Waals surface area contributed by atoms with Crippen molar-refractivity contribution in [2.75, 3.05) is 25.1 Å². The number of benzene rings is 4. The van der Waals surface area contributed by atoms with Crippen molar-refractivity contribution < 1.29 is 33.8 Å². The van der Waals surface area contributed by atoms with Gasteiger partial charge in [-0.2, -0.15) is 5.10 Å². The normalized spacial score (nSPS) is 15.3. The largest absolute Gasteiger partial charge is 0.506 e. The van der Waals surface area contributed by atoms with E-state index >= 15 is 0 Å². The highest BCUT2D eigenvalue weighted by Gasteiger charge is 2.45. The van der Waals surface area contributed by atoms with Gasteiger partial charge in [-0.3, -0.25) is 34.1 Å². The third-order valence-corrected chi connectivity index (χ3v) is 10.5. The van der Waals surface area contributed by atoms with Gasteiger partial charge in [0.25, 0.3) is 11.8 Å². The summed E-state index contributed by atoms with van der Waals surface area (Å²) < 4.78 is 13.9. The van der Waals surface area contributed by atoms with Crippen LogP contribution in [0.4, 0.5) is 5.69 Å². The molecule has 2 aliphatic rings. The Morgan fingerprint density at radius 1 is 0.911 bits per heavy atom. The Kier molecular flexibility index (Phi) is 11.2. The van der Waals surface area contributed by atoms with Gasteiger partial charge in [-0.15, -0.1) is 0 Å². The number of phenolic OH excluding ortho intramolecular Hbond substituents is 1. The minimum atomic E-state index is -1.01. The summed E-state index contributed by atoms with van der Waals surface area (Å²) >= 11 is 6.34. The number of ether oxygens (including phenoxy) is 2. The highest BCUT2D eigenvalue weighted by molar-refractivity contribution is 6.31. The summed E-state index contributed by atoms with van der Waals surface area (Å²) in [6.07, 6.45) is 1.79. The average Bonchev–Trinajstić information content (AvgIpc) is 3.65. The molecule has 2 aliphatic heterocycles. The molecule has 1 fully saturated rings. The van der Waals surface area contributed by atoms with E-state index in [9.17, 15) is 24.3 Å². The van der Waals surface area contributed by atoms with Crippen molar-refractivity contribution in [3.05, 3.63) is 117 Å². The Balaban J connectivity index is 0.899. The summed E-state index contributed by atoms with van der Waals surface area (Å²) in [4.78, 5) is 51.3. The molecule has 7 rings (SSSR count). The van der Waals surface area contributed by atoms with Crippen LogP contribution >= 0.6 is 11.6 Å². The summed E-state index contributed by atoms with van der Waals surface area (Å²) in [5.74, 6) is -1.49. The summed E-state index contributed by atoms with van der Waals surface area (Å²) in [5.41, 5.74) is 7.65. The van der Waals surface area contributed by atoms with Gasteiger partial charge in [-0.05, 0) is 97.8 Å². The van der Waals surface area contributed by atoms with Crippen LogP contribution in [0.2, 0.25) is 5.02 Å². The lowest BCUT2D eigenvalue weighted by atomic mass is 9.97. The molecule has 5 aromatic rings. The predicted molar refractivity (Wildman–Crippen MR) is 212 cm³/mol. The van der Waals surface area contributed by atoms with Crippen LogP contribution in [-0.2, 0) is 34.4 Å². The van der Waals surface area contributed by atoms with Crippen LogP contribution in [0.1, 0.15) is 62.4 Å². The Hall–Kier alpha value is -5.98. The Bertz CT molecular complexity index is 2340. The SMILES string of the molecule is Cc1cc(-c2ccc(OCc3ccc(CCCOCCNc4cccc5c4C(=O)N(C4CCC(=O)NC4=O)C5=O)cc3)c(-c3ccc(Cl)c(C)c3)c2O)n(C)n1. The molecule has 3 N–H and O–H groups in total. The van der Waals surface area contributed by atoms with E-state index in [4.69, 9.17) is 21.1 Å². The molecule has 4 amide bonds. The molecule has 1 saturated heterocycles. The van der Waals surface area contributed by atoms with E-state index in [2.05, 4.69) is 27.9 Å². The number of nitrogens with one attached hydrogen (secondary N) is 2. The zero-order chi connectivity index (χ0) is 39.5. The van der Waals surface area contributed by atoms with E-state index in [0.29, 0.717) is 54.0 Å². The molecule has 0 radical (unpaired) electrons. The molecule has 56 heavy (non-hydrogen) atoms. The van der Waals surface area contributed by atoms with Crippen LogP contribution < -0.4 is 15.4 Å². The fourth-order valence-electron chi connectivity index (χ4n) is 7.21. The second-order valence-electron chi connectivity index (χ2n) is 14.0. The molecule has 13 heteroatoms. The number of carbonyl (C=O) groups excluding carboxylic acids is 4. The van der Waals surface area contributed by atoms with Gasteiger partial charge >= 0.3 is 0 Å². The number of phenols is 1. The first-order valence-corrected chi connectivity index (χ1v) is 18.9. The first kappa shape index (κ1) is 38.3. The van der Waals surface area contributed by atoms with Crippen molar-refractivity contribution in [3.63, 3.8) is 0 Å². The van der Waals surface area contributed by atoms with Crippen LogP contribution in [0, 0.1) is 13.8 Å². The molecule has 0 spiro atoms. The maximum absolute atomic E-state index is 13.3. The quantitative estimate of drug-likeness (QED) is 0.0820. The van der Waals surface area contributed by atoms with Crippen molar-refractivity contribution in [2.45, 2.75) is 52.2 Å². The Morgan fingerprint density at radius 3 is 2.43 bits per heavy atom. The van der Waals surface area contributed by atoms with Crippen molar-refractivity contribution in [1.29, 1.82) is 0 Å². The molecule has 1 unspecified atom stereocenters. The molecular formula is C43H42ClN5O7. The number of fused-ring (bicyclic) bond motifs is 1. The van der Waals surface area contributed by atoms with Crippen LogP contribution in [0.3, 0.4) is 0 Å². The number of aryl methyl sites for hydroxylation is 4. The number of carbonyl (C=O) groups is 4. The number of amides is 4. The number of aromatic nitrogens is 2. The number of halogens is 1. The molecule has 3 heterocycles. The highest BCUT2D eigenvalue weighted by atomic mass is 35.5. The predicted octanol–water partition coefficient (Wildman–Crippen LogP) is 6.77. The second kappa shape index (κ2) is 16.4. The fourth-order valence-corrected chi connectivity index (χ4v) is 7.32. The van der Waals surface area contributed by atoms with E-state index in [-0.39, 0.29) is 29.7 Å². The monoisotopic (exact) mass is 775 g/mol. The lowest BCUT2D eigenvalue weighted by Gasteiger charge is -2.27. The van der Waals surface area contributed by atoms with Crippen LogP contribution in [0.15, 0.2) is 78.9 Å². The topological polar surface area (TPSA) is 152 Å². The number of aromatic hydroxyl groups is 1. The van der Waals surface area contributed by atoms with Gasteiger partial charge in [-0.1, -0.05) is 48.0 Å². The van der Waals surface area contributed by atoms with Crippen molar-refractivity contribution in [1.82, 2.24) is 20.0 Å². The number of nitrogens with zero attached hydrogens (tertiary/aromatic N) is 3. The number of imide groups is 2. The van der Waals surface area contributed by atoms with Gasteiger partial charge in [0.1, 0.15) is 24.1 Å². The minimum Gasteiger partial charge on any atom is -0.506 e. The molecular weight excluding hydrogens is 734 g/mol. The number of piperidine rings is 1. The molecule has 1 atom stereocenters. The smallest absolute Gasteiger partial charge is 0.264 e. The van der Waals surface area contributed by atoms with Gasteiger partial charge < -0.3 is 19.9 Å². The number of rotatable bonds is 14. The maximum atomic E-state index is 13.3. The average molecular weight is 776 g/mol. The molecule has 12 nitrogen and oxygen atoms in total. The zero-order valence-electron chi connectivity index (χ0n) is 31.4. The number of anilines is 1. The third-order valence-electron chi connectivity index (χ3n) is 10.1. The zero-order valence-corrected chi connectivity index (χ0v) is 32.1. The molecule has 0 aliphatic carbocycles. The summed E-state index contributed by atoms with van der Waals surface area (Å²) in [7, 11) is 1.85. The first-order valence-electron chi connectivity index (χ1n) is 18.5. The first-order chi connectivity index (χ1) is 27.0. The lowest BCUT2D eigenvalue weighted by molar-refractivity contribution is -0.136. The van der Waals surface area contributed by atoms with Crippen molar-refractivity contribution in [2.24, 2.45) is 7.05 Å². The molecule has 4 aromatic carbocycles. The molecule has 1 aromatic heterocycles. The van der Waals surface area contributed by atoms with Crippen LogP contribution in [0.5, 0.6) is 11.5 Å². The van der Waals surface area contributed by atoms with Crippen molar-refractivity contribution in [3.8, 4) is 33.9 Å². The van der Waals surface area contributed by atoms with E-state index in [0.717, 1.165) is 51.4 Å². The standard InChI is InChI=1S/C43H42ClN5O7/c1-25-22-29(13-15-32(25)44)38-36(17-14-30(40(38)51)35-23-26(2)47-48(35)3)56-24-28-11-9-27(10-12-28)6-5-20-55-21-19-45-33-8-4-7-31-39(33)43(54)49(42(31)53)34-16-18-37(50)46-41(34)52/h4,7-15,17,22-23,34,45,51H,5-6,16,18-21,24H2,1-3H3,(H,46,50,52). The molecule has 0 saturated carbocycles. The van der Waals surface area contributed by atoms with E-state index in [1.165, 1.54) is 0 Å². The number of hydrogen-bond acceptors (Lipinski definition) is 9. The molecule has 288 valence electrons. The Labute approximate surface area is 329 Å². The van der Waals surface area contributed by atoms with Gasteiger partial charge in [0.05, 0.1) is 34.7 Å². The van der Waals surface area contributed by atoms with E-state index in [1.54, 1.807) is 22.9 Å². The number of hydrogen-bond donors (Lipinski definition) is 3. The Morgan fingerprint density at radius 2 is 1.70 bits per heavy atom. The van der Waals surface area contributed by atoms with Gasteiger partial charge in [0, 0.05) is 42.9 Å². The maximum Gasteiger partial charge on any atom is 0.264 e. The molecule has 0 bridgehead atoms. The van der Waals surface area contributed by atoms with Gasteiger partial charge in [-0.25, -0.2) is 0 Å². The lowest BCUT2D eigenvalue weighted by Crippen LogP contribution is -2.54. The summed E-state index contributed by atoms with van der Waals surface area (Å²) in [6.45, 7) is 5.47. The van der Waals surface area contributed by atoms with Gasteiger partial charge in [0.15, 0.2) is 0 Å². The van der Waals surface area contributed by atoms with Crippen molar-refractivity contribution >= 4 is 40.9 Å². The second-order valence-corrected chi connectivity index (χ2v) is 14.4. The minimum absolute atomic E-state index is 0.0656. The van der Waals surface area contributed by atoms with Crippen LogP contribution in [-0.4, -0.2) is 69.2 Å². The van der Waals surface area contributed by atoms with Gasteiger partial charge in [0.2, 0.25) is 11.8 Å².